The van der Waals surface area contributed by atoms with Crippen molar-refractivity contribution in [2.75, 3.05) is 18.5 Å². The van der Waals surface area contributed by atoms with Crippen molar-refractivity contribution >= 4 is 29.2 Å². The first-order valence-electron chi connectivity index (χ1n) is 8.50. The van der Waals surface area contributed by atoms with Crippen LogP contribution in [-0.4, -0.2) is 25.1 Å². The zero-order valence-corrected chi connectivity index (χ0v) is 16.4. The van der Waals surface area contributed by atoms with Crippen LogP contribution in [0.2, 0.25) is 5.02 Å². The van der Waals surface area contributed by atoms with Gasteiger partial charge in [-0.05, 0) is 48.2 Å². The minimum absolute atomic E-state index is 0.0504. The topological polar surface area (TPSA) is 64.6 Å². The predicted octanol–water partition coefficient (Wildman–Crippen LogP) is 4.61. The molecule has 0 saturated carbocycles. The summed E-state index contributed by atoms with van der Waals surface area (Å²) >= 11 is 6.13. The van der Waals surface area contributed by atoms with E-state index in [1.54, 1.807) is 12.1 Å². The molecule has 0 saturated heterocycles. The smallest absolute Gasteiger partial charge is 0.344 e. The number of anilines is 1. The van der Waals surface area contributed by atoms with Crippen molar-refractivity contribution < 1.29 is 27.8 Å². The Balaban J connectivity index is 1.86. The summed E-state index contributed by atoms with van der Waals surface area (Å²) < 4.78 is 36.3. The normalized spacial score (nSPS) is 10.7. The fourth-order valence-corrected chi connectivity index (χ4v) is 2.51. The Morgan fingerprint density at radius 3 is 2.46 bits per heavy atom. The number of carbonyl (C=O) groups excluding carboxylic acids is 2. The zero-order valence-electron chi connectivity index (χ0n) is 15.6. The molecule has 0 aliphatic rings. The average molecular weight is 412 g/mol. The highest BCUT2D eigenvalue weighted by Gasteiger charge is 2.14. The van der Waals surface area contributed by atoms with Gasteiger partial charge in [0.15, 0.2) is 24.8 Å². The Morgan fingerprint density at radius 2 is 1.82 bits per heavy atom. The number of amides is 1. The van der Waals surface area contributed by atoms with E-state index in [1.807, 2.05) is 20.8 Å². The maximum Gasteiger partial charge on any atom is 0.344 e. The lowest BCUT2D eigenvalue weighted by molar-refractivity contribution is -0.149. The summed E-state index contributed by atoms with van der Waals surface area (Å²) in [6.45, 7) is 4.78. The molecule has 0 radical (unpaired) electrons. The molecule has 0 heterocycles. The molecule has 2 rings (SSSR count). The fourth-order valence-electron chi connectivity index (χ4n) is 2.34. The Morgan fingerprint density at radius 1 is 1.11 bits per heavy atom. The van der Waals surface area contributed by atoms with E-state index in [1.165, 1.54) is 6.07 Å². The molecule has 28 heavy (non-hydrogen) atoms. The number of nitrogens with one attached hydrogen (secondary N) is 1. The van der Waals surface area contributed by atoms with Gasteiger partial charge in [-0.1, -0.05) is 25.4 Å². The third-order valence-corrected chi connectivity index (χ3v) is 4.23. The fraction of sp³-hybridized carbons (Fsp3) is 0.300. The summed E-state index contributed by atoms with van der Waals surface area (Å²) in [5.74, 6) is -2.92. The number of ether oxygens (including phenoxy) is 2. The van der Waals surface area contributed by atoms with Crippen molar-refractivity contribution in [2.45, 2.75) is 26.7 Å². The van der Waals surface area contributed by atoms with Gasteiger partial charge in [-0.2, -0.15) is 0 Å². The van der Waals surface area contributed by atoms with Gasteiger partial charge in [0.25, 0.3) is 5.91 Å². The molecule has 1 N–H and O–H groups in total. The van der Waals surface area contributed by atoms with Gasteiger partial charge in [0.1, 0.15) is 5.75 Å². The van der Waals surface area contributed by atoms with E-state index in [0.717, 1.165) is 23.3 Å². The number of hydrogen-bond donors (Lipinski definition) is 1. The molecule has 0 fully saturated rings. The van der Waals surface area contributed by atoms with Crippen LogP contribution in [0.25, 0.3) is 0 Å². The molecule has 8 heteroatoms. The van der Waals surface area contributed by atoms with E-state index < -0.39 is 30.1 Å². The monoisotopic (exact) mass is 411 g/mol. The van der Waals surface area contributed by atoms with Gasteiger partial charge in [0, 0.05) is 16.8 Å². The summed E-state index contributed by atoms with van der Waals surface area (Å²) in [6.07, 6.45) is 0. The van der Waals surface area contributed by atoms with Gasteiger partial charge in [-0.15, -0.1) is 0 Å². The lowest BCUT2D eigenvalue weighted by Crippen LogP contribution is -2.24. The lowest BCUT2D eigenvalue weighted by atomic mass is 10.0. The first-order chi connectivity index (χ1) is 13.2. The summed E-state index contributed by atoms with van der Waals surface area (Å²) in [4.78, 5) is 23.6. The number of benzene rings is 2. The molecular weight excluding hydrogens is 392 g/mol. The van der Waals surface area contributed by atoms with Crippen LogP contribution in [0, 0.1) is 18.6 Å². The molecule has 0 bridgehead atoms. The van der Waals surface area contributed by atoms with Crippen molar-refractivity contribution in [1.82, 2.24) is 0 Å². The third-order valence-electron chi connectivity index (χ3n) is 3.83. The second-order valence-corrected chi connectivity index (χ2v) is 6.83. The van der Waals surface area contributed by atoms with E-state index in [0.29, 0.717) is 10.8 Å². The molecule has 0 unspecified atom stereocenters. The molecule has 0 spiro atoms. The molecule has 2 aromatic carbocycles. The van der Waals surface area contributed by atoms with Crippen LogP contribution < -0.4 is 10.1 Å². The Hall–Kier alpha value is -2.67. The summed E-state index contributed by atoms with van der Waals surface area (Å²) in [6, 6.07) is 6.43. The van der Waals surface area contributed by atoms with Crippen LogP contribution in [0.3, 0.4) is 0 Å². The minimum atomic E-state index is -1.09. The quantitative estimate of drug-likeness (QED) is 0.676. The highest BCUT2D eigenvalue weighted by Crippen LogP contribution is 2.32. The summed E-state index contributed by atoms with van der Waals surface area (Å²) in [5, 5.41) is 2.90. The number of aryl methyl sites for hydroxylation is 1. The molecule has 0 aliphatic heterocycles. The van der Waals surface area contributed by atoms with Gasteiger partial charge in [-0.25, -0.2) is 13.6 Å². The van der Waals surface area contributed by atoms with E-state index >= 15 is 0 Å². The largest absolute Gasteiger partial charge is 0.482 e. The van der Waals surface area contributed by atoms with Crippen molar-refractivity contribution in [3.63, 3.8) is 0 Å². The minimum Gasteiger partial charge on any atom is -0.482 e. The zero-order chi connectivity index (χ0) is 20.8. The van der Waals surface area contributed by atoms with Crippen LogP contribution in [0.1, 0.15) is 30.9 Å². The van der Waals surface area contributed by atoms with Crippen LogP contribution >= 0.6 is 11.6 Å². The average Bonchev–Trinajstić information content (AvgIpc) is 2.63. The first kappa shape index (κ1) is 21.6. The number of halogens is 3. The summed E-state index contributed by atoms with van der Waals surface area (Å²) in [7, 11) is 0. The lowest BCUT2D eigenvalue weighted by Gasteiger charge is -2.15. The van der Waals surface area contributed by atoms with Crippen molar-refractivity contribution in [2.24, 2.45) is 0 Å². The van der Waals surface area contributed by atoms with Crippen LogP contribution in [0.5, 0.6) is 5.75 Å². The van der Waals surface area contributed by atoms with E-state index in [9.17, 15) is 18.4 Å². The van der Waals surface area contributed by atoms with Gasteiger partial charge < -0.3 is 14.8 Å². The molecule has 0 aliphatic carbocycles. The molecule has 150 valence electrons. The van der Waals surface area contributed by atoms with E-state index in [-0.39, 0.29) is 18.2 Å². The molecule has 2 aromatic rings. The predicted molar refractivity (Wildman–Crippen MR) is 102 cm³/mol. The number of esters is 1. The Bertz CT molecular complexity index is 887. The van der Waals surface area contributed by atoms with Crippen molar-refractivity contribution in [3.05, 3.63) is 58.1 Å². The van der Waals surface area contributed by atoms with Gasteiger partial charge in [0.05, 0.1) is 0 Å². The van der Waals surface area contributed by atoms with E-state index in [2.05, 4.69) is 5.32 Å². The number of hydrogen-bond acceptors (Lipinski definition) is 4. The standard InChI is InChI=1S/C20H20ClF2NO4/c1-11(2)14-8-15(21)12(3)6-18(14)27-10-20(26)28-9-19(25)24-13-4-5-16(22)17(23)7-13/h4-8,11H,9-10H2,1-3H3,(H,24,25). The molecule has 0 atom stereocenters. The highest BCUT2D eigenvalue weighted by molar-refractivity contribution is 6.31. The first-order valence-corrected chi connectivity index (χ1v) is 8.88. The number of rotatable bonds is 7. The van der Waals surface area contributed by atoms with Crippen LogP contribution in [0.15, 0.2) is 30.3 Å². The van der Waals surface area contributed by atoms with Gasteiger partial charge >= 0.3 is 5.97 Å². The van der Waals surface area contributed by atoms with Gasteiger partial charge in [0.2, 0.25) is 0 Å². The second kappa shape index (κ2) is 9.50. The van der Waals surface area contributed by atoms with Gasteiger partial charge in [-0.3, -0.25) is 4.79 Å². The SMILES string of the molecule is Cc1cc(OCC(=O)OCC(=O)Nc2ccc(F)c(F)c2)c(C(C)C)cc1Cl. The Labute approximate surface area is 166 Å². The van der Waals surface area contributed by atoms with Crippen LogP contribution in [-0.2, 0) is 14.3 Å². The van der Waals surface area contributed by atoms with E-state index in [4.69, 9.17) is 21.1 Å². The third kappa shape index (κ3) is 5.92. The maximum atomic E-state index is 13.1. The van der Waals surface area contributed by atoms with Crippen molar-refractivity contribution in [1.29, 1.82) is 0 Å². The van der Waals surface area contributed by atoms with Crippen LogP contribution in [0.4, 0.5) is 14.5 Å². The second-order valence-electron chi connectivity index (χ2n) is 6.42. The maximum absolute atomic E-state index is 13.1. The van der Waals surface area contributed by atoms with Crippen molar-refractivity contribution in [3.8, 4) is 5.75 Å². The molecule has 5 nitrogen and oxygen atoms in total. The Kier molecular flexibility index (Phi) is 7.34. The highest BCUT2D eigenvalue weighted by atomic mass is 35.5. The molecular formula is C20H20ClF2NO4. The molecule has 1 amide bonds. The summed E-state index contributed by atoms with van der Waals surface area (Å²) in [5.41, 5.74) is 1.70. The molecule has 0 aromatic heterocycles. The number of carbonyl (C=O) groups is 2.